The Morgan fingerprint density at radius 1 is 1.10 bits per heavy atom. The summed E-state index contributed by atoms with van der Waals surface area (Å²) in [5.74, 6) is -0.0282. The lowest BCUT2D eigenvalue weighted by Gasteiger charge is -2.46. The van der Waals surface area contributed by atoms with Crippen molar-refractivity contribution in [2.45, 2.75) is 43.7 Å². The van der Waals surface area contributed by atoms with Gasteiger partial charge in [0.1, 0.15) is 0 Å². The Hall–Kier alpha value is -2.87. The second-order valence-electron chi connectivity index (χ2n) is 8.63. The number of rotatable bonds is 5. The van der Waals surface area contributed by atoms with Crippen LogP contribution in [-0.2, 0) is 14.6 Å². The highest BCUT2D eigenvalue weighted by Gasteiger charge is 2.47. The van der Waals surface area contributed by atoms with Crippen molar-refractivity contribution < 1.29 is 18.0 Å². The molecule has 164 valence electrons. The zero-order valence-electron chi connectivity index (χ0n) is 17.8. The first kappa shape index (κ1) is 21.4. The summed E-state index contributed by atoms with van der Waals surface area (Å²) in [5.41, 5.74) is 8.30. The van der Waals surface area contributed by atoms with Crippen LogP contribution in [0.25, 0.3) is 0 Å². The van der Waals surface area contributed by atoms with Gasteiger partial charge in [0.25, 0.3) is 0 Å². The smallest absolute Gasteiger partial charge is 0.248 e. The third-order valence-electron chi connectivity index (χ3n) is 6.32. The fourth-order valence-electron chi connectivity index (χ4n) is 4.70. The van der Waals surface area contributed by atoms with Crippen LogP contribution in [0.15, 0.2) is 47.4 Å². The molecule has 1 fully saturated rings. The molecule has 0 unspecified atom stereocenters. The van der Waals surface area contributed by atoms with Crippen LogP contribution in [0.4, 0.5) is 11.4 Å². The van der Waals surface area contributed by atoms with E-state index in [1.54, 1.807) is 49.4 Å². The van der Waals surface area contributed by atoms with E-state index in [1.807, 2.05) is 4.90 Å². The van der Waals surface area contributed by atoms with Crippen LogP contribution in [-0.4, -0.2) is 32.5 Å². The molecule has 1 aliphatic carbocycles. The lowest BCUT2D eigenvalue weighted by atomic mass is 9.79. The van der Waals surface area contributed by atoms with Crippen molar-refractivity contribution in [1.29, 1.82) is 0 Å². The molecule has 3 N–H and O–H groups in total. The molecule has 7 nitrogen and oxygen atoms in total. The molecule has 3 atom stereocenters. The third-order valence-corrected chi connectivity index (χ3v) is 7.45. The number of anilines is 2. The summed E-state index contributed by atoms with van der Waals surface area (Å²) in [4.78, 5) is 26.6. The first-order valence-electron chi connectivity index (χ1n) is 10.4. The third kappa shape index (κ3) is 4.04. The van der Waals surface area contributed by atoms with E-state index in [9.17, 15) is 18.0 Å². The Bertz CT molecular complexity index is 1140. The topological polar surface area (TPSA) is 110 Å². The van der Waals surface area contributed by atoms with Crippen LogP contribution >= 0.6 is 0 Å². The molecule has 8 heteroatoms. The van der Waals surface area contributed by atoms with Crippen molar-refractivity contribution >= 4 is 33.0 Å². The summed E-state index contributed by atoms with van der Waals surface area (Å²) in [6, 6.07) is 11.7. The van der Waals surface area contributed by atoms with Gasteiger partial charge in [-0.3, -0.25) is 9.59 Å². The monoisotopic (exact) mass is 441 g/mol. The Balaban J connectivity index is 1.78. The summed E-state index contributed by atoms with van der Waals surface area (Å²) in [6.45, 7) is 3.69. The van der Waals surface area contributed by atoms with Crippen molar-refractivity contribution in [2.24, 2.45) is 17.6 Å². The van der Waals surface area contributed by atoms with Gasteiger partial charge in [-0.05, 0) is 66.8 Å². The van der Waals surface area contributed by atoms with Crippen LogP contribution < -0.4 is 16.0 Å². The molecule has 0 spiro atoms. The van der Waals surface area contributed by atoms with Gasteiger partial charge in [-0.1, -0.05) is 6.92 Å². The van der Waals surface area contributed by atoms with E-state index in [2.05, 4.69) is 12.2 Å². The molecule has 2 aromatic carbocycles. The maximum atomic E-state index is 12.6. The molecule has 4 rings (SSSR count). The number of hydrogen-bond donors (Lipinski definition) is 2. The fourth-order valence-corrected chi connectivity index (χ4v) is 5.33. The van der Waals surface area contributed by atoms with E-state index >= 15 is 0 Å². The number of nitrogens with two attached hydrogens (primary N) is 1. The van der Waals surface area contributed by atoms with Crippen LogP contribution in [0, 0.1) is 11.8 Å². The Morgan fingerprint density at radius 3 is 2.26 bits per heavy atom. The van der Waals surface area contributed by atoms with E-state index in [-0.39, 0.29) is 28.8 Å². The number of fused-ring (bicyclic) bond motifs is 1. The van der Waals surface area contributed by atoms with Crippen LogP contribution in [0.1, 0.15) is 48.7 Å². The maximum Gasteiger partial charge on any atom is 0.248 e. The van der Waals surface area contributed by atoms with E-state index < -0.39 is 15.7 Å². The molecule has 1 saturated carbocycles. The normalized spacial score (nSPS) is 23.2. The summed E-state index contributed by atoms with van der Waals surface area (Å²) in [7, 11) is -3.28. The first-order valence-corrected chi connectivity index (χ1v) is 12.3. The second kappa shape index (κ2) is 7.67. The van der Waals surface area contributed by atoms with Crippen molar-refractivity contribution in [2.75, 3.05) is 16.5 Å². The molecule has 1 aliphatic heterocycles. The molecule has 0 bridgehead atoms. The molecule has 2 amide bonds. The Kier molecular flexibility index (Phi) is 5.29. The second-order valence-corrected chi connectivity index (χ2v) is 10.6. The molecule has 2 aromatic rings. The largest absolute Gasteiger partial charge is 0.378 e. The van der Waals surface area contributed by atoms with Gasteiger partial charge in [0.2, 0.25) is 11.8 Å². The van der Waals surface area contributed by atoms with Crippen LogP contribution in [0.5, 0.6) is 0 Å². The minimum absolute atomic E-state index is 0.0206. The predicted octanol–water partition coefficient (Wildman–Crippen LogP) is 3.12. The van der Waals surface area contributed by atoms with Crippen molar-refractivity contribution in [1.82, 2.24) is 0 Å². The molecule has 0 aromatic heterocycles. The lowest BCUT2D eigenvalue weighted by Crippen LogP contribution is -2.51. The highest BCUT2D eigenvalue weighted by Crippen LogP contribution is 2.50. The number of amides is 2. The molecule has 2 aliphatic rings. The zero-order valence-corrected chi connectivity index (χ0v) is 18.6. The van der Waals surface area contributed by atoms with Gasteiger partial charge in [-0.2, -0.15) is 0 Å². The molecule has 1 heterocycles. The maximum absolute atomic E-state index is 12.6. The fraction of sp³-hybridized carbons (Fsp3) is 0.391. The summed E-state index contributed by atoms with van der Waals surface area (Å²) < 4.78 is 23.5. The van der Waals surface area contributed by atoms with Crippen LogP contribution in [0.2, 0.25) is 0 Å². The molecule has 0 saturated heterocycles. The molecule has 31 heavy (non-hydrogen) atoms. The van der Waals surface area contributed by atoms with Gasteiger partial charge in [0, 0.05) is 42.1 Å². The minimum Gasteiger partial charge on any atom is -0.378 e. The van der Waals surface area contributed by atoms with Gasteiger partial charge >= 0.3 is 0 Å². The average molecular weight is 442 g/mol. The Labute approximate surface area is 182 Å². The number of hydrogen-bond acceptors (Lipinski definition) is 5. The number of carbonyl (C=O) groups excluding carboxylic acids is 2. The van der Waals surface area contributed by atoms with E-state index in [0.717, 1.165) is 29.8 Å². The van der Waals surface area contributed by atoms with Gasteiger partial charge in [0.15, 0.2) is 9.84 Å². The highest BCUT2D eigenvalue weighted by molar-refractivity contribution is 7.90. The number of carbonyl (C=O) groups is 2. The van der Waals surface area contributed by atoms with Crippen molar-refractivity contribution in [3.05, 3.63) is 53.6 Å². The first-order chi connectivity index (χ1) is 14.6. The number of primary amides is 1. The number of sulfone groups is 1. The summed E-state index contributed by atoms with van der Waals surface area (Å²) in [5, 5.41) is 3.52. The van der Waals surface area contributed by atoms with Crippen LogP contribution in [0.3, 0.4) is 0 Å². The highest BCUT2D eigenvalue weighted by atomic mass is 32.2. The predicted molar refractivity (Wildman–Crippen MR) is 120 cm³/mol. The quantitative estimate of drug-likeness (QED) is 0.741. The Morgan fingerprint density at radius 2 is 1.74 bits per heavy atom. The zero-order chi connectivity index (χ0) is 22.5. The van der Waals surface area contributed by atoms with Crippen molar-refractivity contribution in [3.63, 3.8) is 0 Å². The molecular formula is C23H27N3O4S. The lowest BCUT2D eigenvalue weighted by molar-refractivity contribution is -0.117. The van der Waals surface area contributed by atoms with E-state index in [1.165, 1.54) is 6.26 Å². The van der Waals surface area contributed by atoms with Gasteiger partial charge in [-0.25, -0.2) is 8.42 Å². The van der Waals surface area contributed by atoms with Gasteiger partial charge in [-0.15, -0.1) is 0 Å². The van der Waals surface area contributed by atoms with E-state index in [4.69, 9.17) is 5.73 Å². The van der Waals surface area contributed by atoms with Gasteiger partial charge in [0.05, 0.1) is 10.9 Å². The van der Waals surface area contributed by atoms with E-state index in [0.29, 0.717) is 11.5 Å². The van der Waals surface area contributed by atoms with Crippen molar-refractivity contribution in [3.8, 4) is 0 Å². The summed E-state index contributed by atoms with van der Waals surface area (Å²) >= 11 is 0. The standard InChI is InChI=1S/C23H27N3O4S/c1-13-21(25-17-7-9-18(10-8-17)31(3,29)30)19-12-16(23(24)28)6-11-20(19)26(14(2)27)22(13)15-4-5-15/h6-13,15,21-22,25H,4-5H2,1-3H3,(H2,24,28)/t13-,21-,22-/m1/s1. The number of nitrogens with zero attached hydrogens (tertiary/aromatic N) is 1. The summed E-state index contributed by atoms with van der Waals surface area (Å²) in [6.07, 6.45) is 3.35. The molecule has 0 radical (unpaired) electrons. The number of benzene rings is 2. The number of nitrogens with one attached hydrogen (secondary N) is 1. The average Bonchev–Trinajstić information content (AvgIpc) is 3.53. The minimum atomic E-state index is -3.28. The van der Waals surface area contributed by atoms with Gasteiger partial charge < -0.3 is 16.0 Å². The SMILES string of the molecule is CC(=O)N1c2ccc(C(N)=O)cc2[C@H](Nc2ccc(S(C)(=O)=O)cc2)[C@@H](C)[C@@H]1C1CC1. The molecular weight excluding hydrogens is 414 g/mol.